The number of benzene rings is 2. The number of carboxylic acid groups (broad SMARTS) is 2. The Labute approximate surface area is 277 Å². The molecule has 2 aromatic heterocycles. The van der Waals surface area contributed by atoms with E-state index >= 15 is 8.78 Å². The van der Waals surface area contributed by atoms with Gasteiger partial charge in [-0.05, 0) is 25.0 Å². The van der Waals surface area contributed by atoms with Crippen LogP contribution in [0.3, 0.4) is 0 Å². The van der Waals surface area contributed by atoms with E-state index in [4.69, 9.17) is 23.2 Å². The summed E-state index contributed by atoms with van der Waals surface area (Å²) in [5, 5.41) is 21.2. The van der Waals surface area contributed by atoms with Crippen molar-refractivity contribution in [2.45, 2.75) is 56.2 Å². The first-order chi connectivity index (χ1) is 22.7. The van der Waals surface area contributed by atoms with Crippen LogP contribution in [-0.4, -0.2) is 62.8 Å². The van der Waals surface area contributed by atoms with Gasteiger partial charge in [-0.1, -0.05) is 23.2 Å². The molecule has 2 aromatic carbocycles. The molecule has 1 aliphatic heterocycles. The standard InChI is InChI=1S/C32H24Cl2F4N4O6/c33-22-24(17(37)3-11-25(22)41(19-5-15(19)35)7-13(28(11)43)30(45)46)39-21-9-40(10-32(21)1-2-32)27-18(38)4-12-26(23(27)34)42(20-6-16(20)36)8-14(29(12)44)31(47)48/h3-4,7-8,15-16,19-21,39H,1-2,5-6,9-10H2,(H,45,46)(H,47,48)/t15-,16-,19+,20+,21+/m0/s1. The van der Waals surface area contributed by atoms with Crippen LogP contribution < -0.4 is 21.1 Å². The minimum atomic E-state index is -1.55. The second-order valence-corrected chi connectivity index (χ2v) is 13.9. The first-order valence-corrected chi connectivity index (χ1v) is 15.9. The molecule has 8 rings (SSSR count). The van der Waals surface area contributed by atoms with E-state index in [0.29, 0.717) is 12.8 Å². The van der Waals surface area contributed by atoms with E-state index in [1.807, 2.05) is 0 Å². The zero-order valence-electron chi connectivity index (χ0n) is 24.6. The van der Waals surface area contributed by atoms with E-state index in [9.17, 15) is 38.2 Å². The fraction of sp³-hybridized carbons (Fsp3) is 0.375. The molecule has 4 aliphatic rings. The highest BCUT2D eigenvalue weighted by Gasteiger charge is 2.56. The van der Waals surface area contributed by atoms with Crippen LogP contribution in [0, 0.1) is 17.0 Å². The lowest BCUT2D eigenvalue weighted by molar-refractivity contribution is 0.0684. The van der Waals surface area contributed by atoms with Gasteiger partial charge in [0.1, 0.15) is 35.1 Å². The summed E-state index contributed by atoms with van der Waals surface area (Å²) in [5.41, 5.74) is -4.01. The van der Waals surface area contributed by atoms with Crippen molar-refractivity contribution in [2.75, 3.05) is 23.3 Å². The average Bonchev–Trinajstić information content (AvgIpc) is 3.96. The fourth-order valence-electron chi connectivity index (χ4n) is 7.18. The van der Waals surface area contributed by atoms with Crippen LogP contribution in [0.15, 0.2) is 34.1 Å². The van der Waals surface area contributed by atoms with E-state index in [2.05, 4.69) is 5.32 Å². The smallest absolute Gasteiger partial charge is 0.341 e. The molecule has 4 fully saturated rings. The molecule has 1 saturated heterocycles. The lowest BCUT2D eigenvalue weighted by atomic mass is 10.00. The molecule has 5 atom stereocenters. The summed E-state index contributed by atoms with van der Waals surface area (Å²) >= 11 is 13.5. The Morgan fingerprint density at radius 3 is 1.77 bits per heavy atom. The van der Waals surface area contributed by atoms with Gasteiger partial charge in [-0.25, -0.2) is 27.2 Å². The van der Waals surface area contributed by atoms with Gasteiger partial charge in [0.25, 0.3) is 0 Å². The number of alkyl halides is 2. The largest absolute Gasteiger partial charge is 0.477 e. The van der Waals surface area contributed by atoms with Crippen LogP contribution in [0.1, 0.15) is 58.5 Å². The molecule has 48 heavy (non-hydrogen) atoms. The monoisotopic (exact) mass is 706 g/mol. The number of anilines is 2. The predicted octanol–water partition coefficient (Wildman–Crippen LogP) is 5.94. The summed E-state index contributed by atoms with van der Waals surface area (Å²) in [5.74, 6) is -4.94. The van der Waals surface area contributed by atoms with Gasteiger partial charge < -0.3 is 29.6 Å². The molecular weight excluding hydrogens is 683 g/mol. The van der Waals surface area contributed by atoms with Crippen LogP contribution in [0.4, 0.5) is 28.9 Å². The van der Waals surface area contributed by atoms with Crippen molar-refractivity contribution in [1.29, 1.82) is 0 Å². The molecule has 3 saturated carbocycles. The van der Waals surface area contributed by atoms with Crippen molar-refractivity contribution < 1.29 is 37.4 Å². The highest BCUT2D eigenvalue weighted by Crippen LogP contribution is 2.56. The molecule has 0 radical (unpaired) electrons. The molecule has 4 aromatic rings. The summed E-state index contributed by atoms with van der Waals surface area (Å²) in [6.45, 7) is 0.326. The minimum Gasteiger partial charge on any atom is -0.477 e. The molecule has 3 N–H and O–H groups in total. The lowest BCUT2D eigenvalue weighted by Gasteiger charge is -2.24. The molecule has 3 heterocycles. The molecule has 10 nitrogen and oxygen atoms in total. The summed E-state index contributed by atoms with van der Waals surface area (Å²) < 4.78 is 62.6. The summed E-state index contributed by atoms with van der Waals surface area (Å²) in [4.78, 5) is 51.1. The van der Waals surface area contributed by atoms with Crippen LogP contribution in [-0.2, 0) is 0 Å². The van der Waals surface area contributed by atoms with Gasteiger partial charge in [0.15, 0.2) is 0 Å². The van der Waals surface area contributed by atoms with Gasteiger partial charge in [-0.2, -0.15) is 0 Å². The third kappa shape index (κ3) is 4.51. The Hall–Kier alpha value is -4.30. The fourth-order valence-corrected chi connectivity index (χ4v) is 7.94. The number of fused-ring (bicyclic) bond motifs is 2. The number of rotatable bonds is 7. The van der Waals surface area contributed by atoms with E-state index in [-0.39, 0.29) is 69.2 Å². The number of carbonyl (C=O) groups is 2. The summed E-state index contributed by atoms with van der Waals surface area (Å²) in [6, 6.07) is -0.342. The summed E-state index contributed by atoms with van der Waals surface area (Å²) in [6.07, 6.45) is 0.881. The van der Waals surface area contributed by atoms with Crippen molar-refractivity contribution in [2.24, 2.45) is 5.41 Å². The Morgan fingerprint density at radius 2 is 1.31 bits per heavy atom. The van der Waals surface area contributed by atoms with Crippen molar-refractivity contribution in [3.05, 3.63) is 77.8 Å². The van der Waals surface area contributed by atoms with E-state index < -0.39 is 81.4 Å². The molecule has 0 unspecified atom stereocenters. The van der Waals surface area contributed by atoms with Gasteiger partial charge >= 0.3 is 11.9 Å². The van der Waals surface area contributed by atoms with Crippen molar-refractivity contribution >= 4 is 68.3 Å². The first kappa shape index (κ1) is 31.0. The van der Waals surface area contributed by atoms with Gasteiger partial charge in [0.05, 0.1) is 61.4 Å². The number of nitrogens with zero attached hydrogens (tertiary/aromatic N) is 3. The molecule has 16 heteroatoms. The second kappa shape index (κ2) is 10.3. The van der Waals surface area contributed by atoms with E-state index in [1.165, 1.54) is 9.13 Å². The molecular formula is C32H24Cl2F4N4O6. The van der Waals surface area contributed by atoms with Gasteiger partial charge in [-0.3, -0.25) is 9.59 Å². The third-order valence-corrected chi connectivity index (χ3v) is 10.8. The maximum atomic E-state index is 15.9. The highest BCUT2D eigenvalue weighted by atomic mass is 35.5. The maximum absolute atomic E-state index is 15.9. The maximum Gasteiger partial charge on any atom is 0.341 e. The van der Waals surface area contributed by atoms with Gasteiger partial charge in [-0.15, -0.1) is 0 Å². The van der Waals surface area contributed by atoms with E-state index in [1.54, 1.807) is 4.90 Å². The average molecular weight is 707 g/mol. The Bertz CT molecular complexity index is 2270. The van der Waals surface area contributed by atoms with Crippen LogP contribution in [0.25, 0.3) is 21.8 Å². The molecule has 0 amide bonds. The summed E-state index contributed by atoms with van der Waals surface area (Å²) in [7, 11) is 0. The van der Waals surface area contributed by atoms with Gasteiger partial charge in [0, 0.05) is 43.7 Å². The predicted molar refractivity (Wildman–Crippen MR) is 169 cm³/mol. The molecule has 0 bridgehead atoms. The number of aromatic carboxylic acids is 2. The SMILES string of the molecule is O=C(O)c1cn([C@@H]2C[C@@H]2F)c2c(Cl)c(N[C@@H]3CN(c4c(F)cc5c(=O)c(C(=O)O)cn([C@@H]6C[C@@H]6F)c5c4Cl)CC34CC4)c(F)cc2c1=O. The number of pyridine rings is 2. The minimum absolute atomic E-state index is 0.00281. The number of nitrogens with one attached hydrogen (secondary N) is 1. The number of aromatic nitrogens is 2. The Kier molecular flexibility index (Phi) is 6.68. The number of hydrogen-bond acceptors (Lipinski definition) is 6. The third-order valence-electron chi connectivity index (χ3n) is 10.1. The first-order valence-electron chi connectivity index (χ1n) is 15.1. The Balaban J connectivity index is 1.20. The van der Waals surface area contributed by atoms with Crippen LogP contribution in [0.2, 0.25) is 10.0 Å². The lowest BCUT2D eigenvalue weighted by Crippen LogP contribution is -2.31. The number of hydrogen-bond donors (Lipinski definition) is 3. The number of carboxylic acids is 2. The zero-order valence-corrected chi connectivity index (χ0v) is 26.1. The normalized spacial score (nSPS) is 25.2. The molecule has 3 aliphatic carbocycles. The van der Waals surface area contributed by atoms with E-state index in [0.717, 1.165) is 24.5 Å². The second-order valence-electron chi connectivity index (χ2n) is 13.1. The molecule has 250 valence electrons. The highest BCUT2D eigenvalue weighted by molar-refractivity contribution is 6.38. The van der Waals surface area contributed by atoms with Crippen molar-refractivity contribution in [3.63, 3.8) is 0 Å². The zero-order chi connectivity index (χ0) is 34.1. The van der Waals surface area contributed by atoms with Crippen molar-refractivity contribution in [1.82, 2.24) is 9.13 Å². The topological polar surface area (TPSA) is 134 Å². The Morgan fingerprint density at radius 1 is 0.833 bits per heavy atom. The van der Waals surface area contributed by atoms with Crippen LogP contribution in [0.5, 0.6) is 0 Å². The number of halogens is 6. The molecule has 1 spiro atoms. The quantitative estimate of drug-likeness (QED) is 0.201. The van der Waals surface area contributed by atoms with Crippen molar-refractivity contribution in [3.8, 4) is 0 Å². The van der Waals surface area contributed by atoms with Gasteiger partial charge in [0.2, 0.25) is 10.9 Å². The van der Waals surface area contributed by atoms with Crippen LogP contribution >= 0.6 is 23.2 Å².